The van der Waals surface area contributed by atoms with E-state index in [2.05, 4.69) is 96.1 Å². The highest BCUT2D eigenvalue weighted by Gasteiger charge is 2.50. The van der Waals surface area contributed by atoms with E-state index in [4.69, 9.17) is 83.0 Å². The number of hydrogen-bond acceptors (Lipinski definition) is 21. The van der Waals surface area contributed by atoms with Crippen LogP contribution in [0.2, 0.25) is 15.1 Å². The van der Waals surface area contributed by atoms with Crippen LogP contribution in [-0.4, -0.2) is 204 Å². The molecule has 3 fully saturated rings. The molecular formula is C104H128Cl3N13O15S3. The second kappa shape index (κ2) is 41.2. The number of ether oxygens (including phenoxy) is 8. The van der Waals surface area contributed by atoms with Crippen molar-refractivity contribution in [2.45, 2.75) is 170 Å². The van der Waals surface area contributed by atoms with Gasteiger partial charge in [0.25, 0.3) is 17.7 Å². The zero-order valence-electron chi connectivity index (χ0n) is 79.9. The summed E-state index contributed by atoms with van der Waals surface area (Å²) in [4.78, 5) is 56.8. The van der Waals surface area contributed by atoms with Crippen molar-refractivity contribution in [3.63, 3.8) is 0 Å². The topological polar surface area (TPSA) is 351 Å². The van der Waals surface area contributed by atoms with Gasteiger partial charge in [-0.2, -0.15) is 5.10 Å². The molecule has 3 unspecified atom stereocenters. The van der Waals surface area contributed by atoms with Crippen LogP contribution < -0.4 is 43.9 Å². The molecule has 12 aliphatic rings. The van der Waals surface area contributed by atoms with Crippen molar-refractivity contribution in [1.82, 2.24) is 19.7 Å². The van der Waals surface area contributed by atoms with Crippen LogP contribution in [0.1, 0.15) is 162 Å². The Morgan fingerprint density at radius 3 is 1.20 bits per heavy atom. The molecule has 6 N–H and O–H groups in total. The maximum Gasteiger partial charge on any atom is 0.286 e. The van der Waals surface area contributed by atoms with Crippen molar-refractivity contribution in [2.75, 3.05) is 131 Å². The number of aromatic nitrogens is 4. The number of aliphatic hydroxyl groups excluding tert-OH is 1. The van der Waals surface area contributed by atoms with Crippen molar-refractivity contribution in [2.24, 2.45) is 83.7 Å². The summed E-state index contributed by atoms with van der Waals surface area (Å²) in [6, 6.07) is 34.8. The molecule has 8 heterocycles. The maximum atomic E-state index is 15.0. The number of fused-ring (bicyclic) bond motifs is 13. The fourth-order valence-electron chi connectivity index (χ4n) is 23.7. The molecule has 738 valence electrons. The van der Waals surface area contributed by atoms with Crippen molar-refractivity contribution >= 4 is 116 Å². The van der Waals surface area contributed by atoms with Gasteiger partial charge in [-0.05, 0) is 274 Å². The Labute approximate surface area is 825 Å². The van der Waals surface area contributed by atoms with Crippen molar-refractivity contribution in [3.05, 3.63) is 223 Å². The lowest BCUT2D eigenvalue weighted by Gasteiger charge is -2.46. The number of methoxy groups -OCH3 is 5. The molecule has 3 amide bonds. The zero-order chi connectivity index (χ0) is 96.9. The molecule has 28 nitrogen and oxygen atoms in total. The lowest BCUT2D eigenvalue weighted by Crippen LogP contribution is -2.49. The number of carbonyl (C=O) groups is 3. The van der Waals surface area contributed by atoms with Gasteiger partial charge in [0, 0.05) is 136 Å². The Morgan fingerprint density at radius 2 is 0.819 bits per heavy atom. The van der Waals surface area contributed by atoms with E-state index in [1.165, 1.54) is 39.7 Å². The standard InChI is InChI=1S/C39H46ClN7O5S.C33H42ClN3O5S.C32H40ClN3O5S/c1-24-20-53(49,44-37-30-19-46(2)43-36(30)41-23-42-37)45-38(48)26-8-12-35-32(17-26)47(18-27-7-10-29(27)34(51-4)14-13-33(24)50-3)21-39(22-52-35)15-5-6-25-16-28(40)9-11-31(25)39;1-21-18-43(35,39)36-32(38)23-7-11-31-28(16-23)37(17-24-6-9-26(24)30(41-3)13-12-29(21)40-2)19-33(20-42-31)14-4-5-22-15-25(34)8-10-27(22)33;1-20-17-42(34,39)35-31(38)22-6-11-30-27(15-22)36(16-23-5-8-25(23)29(40-2)12-10-28(20)37)18-32(19-41-30)13-3-4-21-14-24(33)7-9-26(21)32/h8-9,11-14,16-17,19,23-24,27,29,33-34H,5-7,10,15,18,20-22H2,1-4H3,(H,41,42,43,44,45,48,49);7-8,10-13,15-16,21,24,26,29-30H,4-6,9,14,17-20H2,1-3H3,(H2,35,36,38,39);6-7,9-12,14-15,20,23,25,28-29,37H,3-5,8,13,16-19H2,1-2H3,(H2,34,35,38,39)/b14-13+;13-12+;12-10+/t24-,27+,29-,33+,34+,39+,53?;21-,24+,26-,29+,30+,33+,43?;20-,23+,25-,28+,29+,32+,42?/m111/s1. The molecule has 0 radical (unpaired) electrons. The van der Waals surface area contributed by atoms with Gasteiger partial charge in [-0.1, -0.05) is 110 Å². The molecule has 3 saturated carbocycles. The quantitative estimate of drug-likeness (QED) is 0.108. The highest BCUT2D eigenvalue weighted by atomic mass is 35.5. The van der Waals surface area contributed by atoms with Crippen molar-refractivity contribution in [1.29, 1.82) is 0 Å². The zero-order valence-corrected chi connectivity index (χ0v) is 84.6. The molecule has 3 spiro atoms. The predicted octanol–water partition coefficient (Wildman–Crippen LogP) is 16.8. The second-order valence-corrected chi connectivity index (χ2v) is 47.6. The van der Waals surface area contributed by atoms with Gasteiger partial charge in [0.15, 0.2) is 11.5 Å². The number of aryl methyl sites for hydroxylation is 4. The summed E-state index contributed by atoms with van der Waals surface area (Å²) in [5.41, 5.74) is 10.9. The van der Waals surface area contributed by atoms with Crippen LogP contribution in [0, 0.1) is 53.3 Å². The Balaban J connectivity index is 0.000000139. The Kier molecular flexibility index (Phi) is 29.6. The lowest BCUT2D eigenvalue weighted by molar-refractivity contribution is 0.0119. The molecule has 6 aliphatic carbocycles. The van der Waals surface area contributed by atoms with E-state index >= 15 is 4.21 Å². The fourth-order valence-corrected chi connectivity index (χ4v) is 29.1. The van der Waals surface area contributed by atoms with Gasteiger partial charge in [-0.3, -0.25) is 23.8 Å². The SMILES string of the molecule is CO[C@H]1/C=C/[C@H](O)[C@H](C)CS(N)(=O)=NC(=O)c2ccc3c(c2)N(C[C@@H]2CC[C@H]21)C[C@@]1(CCCc2cc(Cl)ccc21)CO3.CO[C@H]1/C=C/[C@H](OC)[C@H](C)CS(=O)(Nc2ncnc3nn(C)cc23)=NC(=O)c2ccc3c(c2)N(C[C@@H]2CC[C@H]21)C[C@@]1(CCCc2cc(Cl)ccc21)CO3.CO[C@H]1/C=C/[C@H](OC)[C@H](C)CS(N)(=O)=NC(=O)c2ccc3c(c2)N(C[C@@H]2CC[C@H]21)C[C@@]1(CCCc2cc(Cl)ccc21)CO3. The summed E-state index contributed by atoms with van der Waals surface area (Å²) in [7, 11) is 0.101. The summed E-state index contributed by atoms with van der Waals surface area (Å²) in [5, 5.41) is 30.2. The van der Waals surface area contributed by atoms with E-state index in [-0.39, 0.29) is 81.5 Å². The molecule has 6 aliphatic heterocycles. The Bertz CT molecular complexity index is 6450. The van der Waals surface area contributed by atoms with E-state index in [1.54, 1.807) is 84.7 Å². The molecule has 0 saturated heterocycles. The fraction of sp³-hybridized carbons (Fsp3) is 0.519. The average molecular weight is 2000 g/mol. The van der Waals surface area contributed by atoms with Gasteiger partial charge in [-0.25, -0.2) is 32.9 Å². The van der Waals surface area contributed by atoms with Crippen LogP contribution in [0.25, 0.3) is 11.0 Å². The molecular weight excluding hydrogens is 1870 g/mol. The number of nitrogens with one attached hydrogen (secondary N) is 1. The lowest BCUT2D eigenvalue weighted by atomic mass is 9.68. The van der Waals surface area contributed by atoms with Gasteiger partial charge in [0.2, 0.25) is 0 Å². The van der Waals surface area contributed by atoms with Crippen LogP contribution in [0.3, 0.4) is 0 Å². The first-order valence-corrected chi connectivity index (χ1v) is 54.7. The third-order valence-corrected chi connectivity index (χ3v) is 37.0. The Morgan fingerprint density at radius 1 is 0.457 bits per heavy atom. The third kappa shape index (κ3) is 21.0. The molecule has 20 rings (SSSR count). The number of halogens is 3. The molecule has 6 bridgehead atoms. The van der Waals surface area contributed by atoms with Gasteiger partial charge in [0.1, 0.15) is 53.3 Å². The van der Waals surface area contributed by atoms with Crippen molar-refractivity contribution < 1.29 is 70.0 Å². The van der Waals surface area contributed by atoms with Gasteiger partial charge < -0.3 is 57.7 Å². The van der Waals surface area contributed by atoms with E-state index in [0.29, 0.717) is 77.1 Å². The van der Waals surface area contributed by atoms with Crippen LogP contribution in [-0.2, 0) is 96.0 Å². The first-order chi connectivity index (χ1) is 66.2. The minimum atomic E-state index is -3.47. The number of benzene rings is 6. The number of anilines is 4. The van der Waals surface area contributed by atoms with Gasteiger partial charge in [0.05, 0.1) is 96.2 Å². The summed E-state index contributed by atoms with van der Waals surface area (Å²) in [6.07, 6.45) is 28.3. The number of rotatable bonds is 7. The number of nitrogens with zero attached hydrogens (tertiary/aromatic N) is 10. The molecule has 8 aromatic rings. The largest absolute Gasteiger partial charge is 0.490 e. The number of nitrogens with two attached hydrogens (primary N) is 2. The van der Waals surface area contributed by atoms with Gasteiger partial charge >= 0.3 is 0 Å². The Hall–Kier alpha value is -8.90. The van der Waals surface area contributed by atoms with E-state index in [1.807, 2.05) is 86.7 Å². The summed E-state index contributed by atoms with van der Waals surface area (Å²) in [6.45, 7) is 11.7. The van der Waals surface area contributed by atoms with Crippen LogP contribution in [0.15, 0.2) is 171 Å². The number of aliphatic hydroxyl groups is 1. The molecule has 138 heavy (non-hydrogen) atoms. The highest BCUT2D eigenvalue weighted by molar-refractivity contribution is 7.95. The summed E-state index contributed by atoms with van der Waals surface area (Å²) < 4.78 is 108. The van der Waals surface area contributed by atoms with Gasteiger partial charge in [-0.15, -0.1) is 13.1 Å². The minimum Gasteiger partial charge on any atom is -0.490 e. The normalized spacial score (nSPS) is 33.5. The number of amides is 3. The van der Waals surface area contributed by atoms with E-state index < -0.39 is 65.6 Å². The number of carbonyl (C=O) groups excluding carboxylic acids is 3. The first-order valence-electron chi connectivity index (χ1n) is 48.4. The highest BCUT2D eigenvalue weighted by Crippen LogP contribution is 2.53. The first kappa shape index (κ1) is 99.2. The molecule has 2 aromatic heterocycles. The van der Waals surface area contributed by atoms with Crippen molar-refractivity contribution in [3.8, 4) is 17.2 Å². The van der Waals surface area contributed by atoms with Crippen LogP contribution in [0.5, 0.6) is 17.2 Å². The number of hydrogen-bond donors (Lipinski definition) is 4. The smallest absolute Gasteiger partial charge is 0.286 e. The second-order valence-electron chi connectivity index (χ2n) is 40.5. The van der Waals surface area contributed by atoms with E-state index in [0.717, 1.165) is 185 Å². The predicted molar refractivity (Wildman–Crippen MR) is 542 cm³/mol. The third-order valence-electron chi connectivity index (χ3n) is 31.3. The summed E-state index contributed by atoms with van der Waals surface area (Å²) >= 11 is 19.3. The molecule has 6 aromatic carbocycles. The van der Waals surface area contributed by atoms with E-state index in [9.17, 15) is 27.9 Å². The maximum absolute atomic E-state index is 15.0. The molecule has 34 heteroatoms. The monoisotopic (exact) mass is 2000 g/mol. The van der Waals surface area contributed by atoms with Crippen LogP contribution in [0.4, 0.5) is 22.9 Å². The van der Waals surface area contributed by atoms with Crippen LogP contribution >= 0.6 is 34.8 Å². The summed E-state index contributed by atoms with van der Waals surface area (Å²) in [5.74, 6) is 1.58. The average Bonchev–Trinajstić information content (AvgIpc) is 1.57. The minimum absolute atomic E-state index is 0.00314. The molecule has 21 atom stereocenters.